The maximum Gasteiger partial charge on any atom is 0.164 e. The van der Waals surface area contributed by atoms with E-state index in [1.54, 1.807) is 23.5 Å². The molecular weight excluding hydrogens is 320 g/mol. The highest BCUT2D eigenvalue weighted by Crippen LogP contribution is 2.23. The van der Waals surface area contributed by atoms with Crippen LogP contribution in [0.1, 0.15) is 21.7 Å². The molecule has 0 aliphatic carbocycles. The molecule has 4 heteroatoms. The molecule has 17 heavy (non-hydrogen) atoms. The van der Waals surface area contributed by atoms with E-state index in [0.717, 1.165) is 10.9 Å². The Morgan fingerprint density at radius 1 is 1.35 bits per heavy atom. The Balaban J connectivity index is 2.07. The molecule has 1 heterocycles. The largest absolute Gasteiger partial charge is 0.294 e. The Morgan fingerprint density at radius 2 is 2.18 bits per heavy atom. The molecule has 0 fully saturated rings. The van der Waals surface area contributed by atoms with Crippen molar-refractivity contribution in [3.63, 3.8) is 0 Å². The molecule has 0 aliphatic rings. The second-order valence-electron chi connectivity index (χ2n) is 3.63. The molecule has 2 aromatic rings. The van der Waals surface area contributed by atoms with Gasteiger partial charge in [-0.1, -0.05) is 33.6 Å². The highest BCUT2D eigenvalue weighted by molar-refractivity contribution is 9.10. The van der Waals surface area contributed by atoms with Gasteiger partial charge in [0.1, 0.15) is 0 Å². The van der Waals surface area contributed by atoms with Crippen molar-refractivity contribution < 1.29 is 4.79 Å². The molecule has 0 atom stereocenters. The standard InChI is InChI=1S/C13H10BrClOS/c14-9-3-5-12(15)11(8-9)13(16)6-4-10-2-1-7-17-10/h1-3,5,7-8H,4,6H2. The number of ketones is 1. The average Bonchev–Trinajstić information content (AvgIpc) is 2.82. The molecule has 1 aromatic carbocycles. The quantitative estimate of drug-likeness (QED) is 0.723. The number of hydrogen-bond acceptors (Lipinski definition) is 2. The van der Waals surface area contributed by atoms with Crippen LogP contribution >= 0.6 is 38.9 Å². The van der Waals surface area contributed by atoms with Crippen molar-refractivity contribution in [3.8, 4) is 0 Å². The second-order valence-corrected chi connectivity index (χ2v) is 5.98. The first kappa shape index (κ1) is 12.8. The van der Waals surface area contributed by atoms with Crippen molar-refractivity contribution in [2.24, 2.45) is 0 Å². The smallest absolute Gasteiger partial charge is 0.164 e. The van der Waals surface area contributed by atoms with Crippen LogP contribution in [-0.4, -0.2) is 5.78 Å². The predicted octanol–water partition coefficient (Wildman–Crippen LogP) is 4.98. The molecule has 0 unspecified atom stereocenters. The lowest BCUT2D eigenvalue weighted by Crippen LogP contribution is -2.01. The molecule has 88 valence electrons. The van der Waals surface area contributed by atoms with Crippen LogP contribution in [0.2, 0.25) is 5.02 Å². The second kappa shape index (κ2) is 5.80. The minimum Gasteiger partial charge on any atom is -0.294 e. The third-order valence-electron chi connectivity index (χ3n) is 2.41. The summed E-state index contributed by atoms with van der Waals surface area (Å²) in [4.78, 5) is 13.2. The minimum atomic E-state index is 0.0877. The molecule has 0 saturated carbocycles. The molecular formula is C13H10BrClOS. The number of thiophene rings is 1. The molecule has 0 aliphatic heterocycles. The van der Waals surface area contributed by atoms with Crippen LogP contribution in [0.25, 0.3) is 0 Å². The fraction of sp³-hybridized carbons (Fsp3) is 0.154. The van der Waals surface area contributed by atoms with Gasteiger partial charge in [0.05, 0.1) is 5.02 Å². The molecule has 1 aromatic heterocycles. The molecule has 0 amide bonds. The van der Waals surface area contributed by atoms with Gasteiger partial charge < -0.3 is 0 Å². The Morgan fingerprint density at radius 3 is 2.88 bits per heavy atom. The number of benzene rings is 1. The topological polar surface area (TPSA) is 17.1 Å². The summed E-state index contributed by atoms with van der Waals surface area (Å²) in [5, 5.41) is 2.54. The van der Waals surface area contributed by atoms with Gasteiger partial charge >= 0.3 is 0 Å². The van der Waals surface area contributed by atoms with Crippen LogP contribution in [-0.2, 0) is 6.42 Å². The first-order valence-electron chi connectivity index (χ1n) is 5.17. The van der Waals surface area contributed by atoms with Crippen LogP contribution < -0.4 is 0 Å². The number of halogens is 2. The zero-order valence-corrected chi connectivity index (χ0v) is 12.1. The third-order valence-corrected chi connectivity index (χ3v) is 4.17. The zero-order valence-electron chi connectivity index (χ0n) is 8.95. The Hall–Kier alpha value is -0.640. The zero-order chi connectivity index (χ0) is 12.3. The van der Waals surface area contributed by atoms with E-state index in [2.05, 4.69) is 15.9 Å². The Bertz CT molecular complexity index is 522. The SMILES string of the molecule is O=C(CCc1cccs1)c1cc(Br)ccc1Cl. The van der Waals surface area contributed by atoms with Crippen molar-refractivity contribution in [3.05, 3.63) is 55.6 Å². The van der Waals surface area contributed by atoms with Crippen molar-refractivity contribution in [1.29, 1.82) is 0 Å². The molecule has 0 bridgehead atoms. The summed E-state index contributed by atoms with van der Waals surface area (Å²) >= 11 is 11.0. The summed E-state index contributed by atoms with van der Waals surface area (Å²) in [5.74, 6) is 0.0877. The lowest BCUT2D eigenvalue weighted by Gasteiger charge is -2.03. The predicted molar refractivity (Wildman–Crippen MR) is 76.1 cm³/mol. The van der Waals surface area contributed by atoms with Gasteiger partial charge in [0, 0.05) is 21.3 Å². The molecule has 0 radical (unpaired) electrons. The maximum absolute atomic E-state index is 12.0. The van der Waals surface area contributed by atoms with E-state index in [-0.39, 0.29) is 5.78 Å². The van der Waals surface area contributed by atoms with E-state index < -0.39 is 0 Å². The highest BCUT2D eigenvalue weighted by atomic mass is 79.9. The number of Topliss-reactive ketones (excluding diaryl/α,β-unsaturated/α-hetero) is 1. The van der Waals surface area contributed by atoms with Gasteiger partial charge in [-0.05, 0) is 36.1 Å². The van der Waals surface area contributed by atoms with Crippen LogP contribution in [0.5, 0.6) is 0 Å². The van der Waals surface area contributed by atoms with E-state index in [1.165, 1.54) is 4.88 Å². The molecule has 2 rings (SSSR count). The van der Waals surface area contributed by atoms with Gasteiger partial charge in [0.2, 0.25) is 0 Å². The lowest BCUT2D eigenvalue weighted by atomic mass is 10.1. The van der Waals surface area contributed by atoms with Crippen molar-refractivity contribution in [2.75, 3.05) is 0 Å². The fourth-order valence-electron chi connectivity index (χ4n) is 1.54. The van der Waals surface area contributed by atoms with E-state index in [0.29, 0.717) is 17.0 Å². The summed E-state index contributed by atoms with van der Waals surface area (Å²) in [6, 6.07) is 9.39. The van der Waals surface area contributed by atoms with E-state index >= 15 is 0 Å². The normalized spacial score (nSPS) is 10.5. The Kier molecular flexibility index (Phi) is 4.37. The molecule has 0 spiro atoms. The summed E-state index contributed by atoms with van der Waals surface area (Å²) < 4.78 is 0.876. The van der Waals surface area contributed by atoms with E-state index in [4.69, 9.17) is 11.6 Å². The van der Waals surface area contributed by atoms with Gasteiger partial charge in [-0.3, -0.25) is 4.79 Å². The first-order valence-corrected chi connectivity index (χ1v) is 7.22. The van der Waals surface area contributed by atoms with Crippen LogP contribution in [0.3, 0.4) is 0 Å². The van der Waals surface area contributed by atoms with Gasteiger partial charge in [0.15, 0.2) is 5.78 Å². The molecule has 1 nitrogen and oxygen atoms in total. The van der Waals surface area contributed by atoms with Gasteiger partial charge in [-0.25, -0.2) is 0 Å². The first-order chi connectivity index (χ1) is 8.16. The maximum atomic E-state index is 12.0. The van der Waals surface area contributed by atoms with Crippen molar-refractivity contribution in [2.45, 2.75) is 12.8 Å². The monoisotopic (exact) mass is 328 g/mol. The number of carbonyl (C=O) groups excluding carboxylic acids is 1. The summed E-state index contributed by atoms with van der Waals surface area (Å²) in [6.07, 6.45) is 1.27. The third kappa shape index (κ3) is 3.41. The van der Waals surface area contributed by atoms with Gasteiger partial charge in [-0.2, -0.15) is 0 Å². The Labute approximate surface area is 118 Å². The summed E-state index contributed by atoms with van der Waals surface area (Å²) in [6.45, 7) is 0. The molecule has 0 saturated heterocycles. The highest BCUT2D eigenvalue weighted by Gasteiger charge is 2.11. The average molecular weight is 330 g/mol. The minimum absolute atomic E-state index is 0.0877. The van der Waals surface area contributed by atoms with Crippen LogP contribution in [0.15, 0.2) is 40.2 Å². The molecule has 0 N–H and O–H groups in total. The van der Waals surface area contributed by atoms with E-state index in [1.807, 2.05) is 23.6 Å². The lowest BCUT2D eigenvalue weighted by molar-refractivity contribution is 0.0983. The van der Waals surface area contributed by atoms with Crippen molar-refractivity contribution in [1.82, 2.24) is 0 Å². The number of rotatable bonds is 4. The van der Waals surface area contributed by atoms with Gasteiger partial charge in [0.25, 0.3) is 0 Å². The van der Waals surface area contributed by atoms with Gasteiger partial charge in [-0.15, -0.1) is 11.3 Å². The van der Waals surface area contributed by atoms with Crippen LogP contribution in [0, 0.1) is 0 Å². The summed E-state index contributed by atoms with van der Waals surface area (Å²) in [7, 11) is 0. The fourth-order valence-corrected chi connectivity index (χ4v) is 2.83. The van der Waals surface area contributed by atoms with Crippen LogP contribution in [0.4, 0.5) is 0 Å². The summed E-state index contributed by atoms with van der Waals surface area (Å²) in [5.41, 5.74) is 0.595. The number of carbonyl (C=O) groups is 1. The number of aryl methyl sites for hydroxylation is 1. The van der Waals surface area contributed by atoms with Crippen molar-refractivity contribution >= 4 is 44.7 Å². The van der Waals surface area contributed by atoms with E-state index in [9.17, 15) is 4.79 Å². The number of hydrogen-bond donors (Lipinski definition) is 0.